The summed E-state index contributed by atoms with van der Waals surface area (Å²) in [4.78, 5) is 14.3. The summed E-state index contributed by atoms with van der Waals surface area (Å²) in [6.45, 7) is 6.96. The van der Waals surface area contributed by atoms with Crippen LogP contribution in [0.15, 0.2) is 24.3 Å². The van der Waals surface area contributed by atoms with Crippen LogP contribution < -0.4 is 10.5 Å². The van der Waals surface area contributed by atoms with Gasteiger partial charge in [0.15, 0.2) is 0 Å². The molecule has 0 heterocycles. The normalized spacial score (nSPS) is 11.2. The lowest BCUT2D eigenvalue weighted by molar-refractivity contribution is 0.0588. The summed E-state index contributed by atoms with van der Waals surface area (Å²) in [5.41, 5.74) is 5.89. The third kappa shape index (κ3) is 3.23. The number of ether oxygens (including phenoxy) is 1. The molecule has 0 aliphatic heterocycles. The SMILES string of the molecule is COc1ccccc1C(=O)N(CCN)C(C)(C)C. The molecular weight excluding hydrogens is 228 g/mol. The van der Waals surface area contributed by atoms with E-state index in [4.69, 9.17) is 10.5 Å². The van der Waals surface area contributed by atoms with Crippen LogP contribution in [0.1, 0.15) is 31.1 Å². The molecule has 0 atom stereocenters. The molecule has 0 fully saturated rings. The minimum absolute atomic E-state index is 0.0506. The van der Waals surface area contributed by atoms with Crippen molar-refractivity contribution in [2.24, 2.45) is 5.73 Å². The van der Waals surface area contributed by atoms with Crippen molar-refractivity contribution in [1.82, 2.24) is 4.90 Å². The first-order valence-electron chi connectivity index (χ1n) is 6.07. The first-order chi connectivity index (χ1) is 8.41. The summed E-state index contributed by atoms with van der Waals surface area (Å²) in [7, 11) is 1.57. The first-order valence-corrected chi connectivity index (χ1v) is 6.07. The molecule has 1 aromatic carbocycles. The minimum Gasteiger partial charge on any atom is -0.496 e. The van der Waals surface area contributed by atoms with E-state index in [-0.39, 0.29) is 11.4 Å². The molecule has 2 N–H and O–H groups in total. The quantitative estimate of drug-likeness (QED) is 0.888. The van der Waals surface area contributed by atoms with E-state index < -0.39 is 0 Å². The molecule has 0 spiro atoms. The highest BCUT2D eigenvalue weighted by molar-refractivity contribution is 5.97. The lowest BCUT2D eigenvalue weighted by atomic mass is 10.0. The Balaban J connectivity index is 3.10. The summed E-state index contributed by atoms with van der Waals surface area (Å²) in [6, 6.07) is 7.24. The van der Waals surface area contributed by atoms with Crippen molar-refractivity contribution in [2.45, 2.75) is 26.3 Å². The average Bonchev–Trinajstić information content (AvgIpc) is 2.33. The Hall–Kier alpha value is -1.55. The number of hydrogen-bond donors (Lipinski definition) is 1. The molecule has 0 saturated carbocycles. The van der Waals surface area contributed by atoms with Crippen LogP contribution in [0.5, 0.6) is 5.75 Å². The number of nitrogens with zero attached hydrogens (tertiary/aromatic N) is 1. The Morgan fingerprint density at radius 2 is 1.94 bits per heavy atom. The Kier molecular flexibility index (Phi) is 4.73. The Labute approximate surface area is 109 Å². The molecule has 0 saturated heterocycles. The van der Waals surface area contributed by atoms with Crippen LogP contribution in [0.25, 0.3) is 0 Å². The third-order valence-electron chi connectivity index (χ3n) is 2.74. The zero-order valence-electron chi connectivity index (χ0n) is 11.6. The maximum absolute atomic E-state index is 12.6. The molecule has 1 aromatic rings. The van der Waals surface area contributed by atoms with Gasteiger partial charge in [0, 0.05) is 18.6 Å². The van der Waals surface area contributed by atoms with Crippen LogP contribution in [-0.2, 0) is 0 Å². The molecule has 1 amide bonds. The molecule has 0 unspecified atom stereocenters. The molecule has 1 rings (SSSR count). The van der Waals surface area contributed by atoms with Gasteiger partial charge in [0.2, 0.25) is 0 Å². The van der Waals surface area contributed by atoms with Gasteiger partial charge in [0.05, 0.1) is 12.7 Å². The fraction of sp³-hybridized carbons (Fsp3) is 0.500. The second-order valence-corrected chi connectivity index (χ2v) is 5.12. The zero-order valence-corrected chi connectivity index (χ0v) is 11.6. The largest absolute Gasteiger partial charge is 0.496 e. The van der Waals surface area contributed by atoms with E-state index in [1.165, 1.54) is 0 Å². The Morgan fingerprint density at radius 3 is 2.44 bits per heavy atom. The Bertz CT molecular complexity index is 411. The van der Waals surface area contributed by atoms with Gasteiger partial charge >= 0.3 is 0 Å². The number of rotatable bonds is 4. The van der Waals surface area contributed by atoms with E-state index in [0.717, 1.165) is 0 Å². The first kappa shape index (κ1) is 14.5. The van der Waals surface area contributed by atoms with Crippen molar-refractivity contribution in [3.63, 3.8) is 0 Å². The second-order valence-electron chi connectivity index (χ2n) is 5.12. The van der Waals surface area contributed by atoms with Crippen LogP contribution in [0.4, 0.5) is 0 Å². The zero-order chi connectivity index (χ0) is 13.8. The summed E-state index contributed by atoms with van der Waals surface area (Å²) in [5.74, 6) is 0.541. The number of carbonyl (C=O) groups is 1. The van der Waals surface area contributed by atoms with Crippen LogP contribution in [0, 0.1) is 0 Å². The highest BCUT2D eigenvalue weighted by Crippen LogP contribution is 2.23. The number of benzene rings is 1. The number of nitrogens with two attached hydrogens (primary N) is 1. The van der Waals surface area contributed by atoms with Crippen molar-refractivity contribution in [3.05, 3.63) is 29.8 Å². The topological polar surface area (TPSA) is 55.6 Å². The summed E-state index contributed by atoms with van der Waals surface area (Å²) in [5, 5.41) is 0. The number of amides is 1. The predicted molar refractivity (Wildman–Crippen MR) is 72.8 cm³/mol. The van der Waals surface area contributed by atoms with E-state index in [0.29, 0.717) is 24.4 Å². The maximum Gasteiger partial charge on any atom is 0.258 e. The van der Waals surface area contributed by atoms with E-state index in [1.54, 1.807) is 24.1 Å². The van der Waals surface area contributed by atoms with Crippen molar-refractivity contribution in [2.75, 3.05) is 20.2 Å². The third-order valence-corrected chi connectivity index (χ3v) is 2.74. The lowest BCUT2D eigenvalue weighted by Gasteiger charge is -2.35. The van der Waals surface area contributed by atoms with E-state index in [2.05, 4.69) is 0 Å². The molecule has 0 bridgehead atoms. The molecule has 0 aromatic heterocycles. The number of methoxy groups -OCH3 is 1. The molecule has 100 valence electrons. The maximum atomic E-state index is 12.6. The molecule has 0 aliphatic carbocycles. The van der Waals surface area contributed by atoms with Crippen molar-refractivity contribution >= 4 is 5.91 Å². The van der Waals surface area contributed by atoms with Crippen molar-refractivity contribution < 1.29 is 9.53 Å². The highest BCUT2D eigenvalue weighted by Gasteiger charge is 2.28. The number of carbonyl (C=O) groups excluding carboxylic acids is 1. The van der Waals surface area contributed by atoms with Gasteiger partial charge in [-0.2, -0.15) is 0 Å². The molecular formula is C14H22N2O2. The van der Waals surface area contributed by atoms with E-state index in [9.17, 15) is 4.79 Å². The summed E-state index contributed by atoms with van der Waals surface area (Å²) < 4.78 is 5.23. The average molecular weight is 250 g/mol. The molecule has 18 heavy (non-hydrogen) atoms. The predicted octanol–water partition coefficient (Wildman–Crippen LogP) is 1.89. The summed E-state index contributed by atoms with van der Waals surface area (Å²) >= 11 is 0. The standard InChI is InChI=1S/C14H22N2O2/c1-14(2,3)16(10-9-15)13(17)11-7-5-6-8-12(11)18-4/h5-8H,9-10,15H2,1-4H3. The van der Waals surface area contributed by atoms with Crippen molar-refractivity contribution in [1.29, 1.82) is 0 Å². The van der Waals surface area contributed by atoms with E-state index in [1.807, 2.05) is 32.9 Å². The monoisotopic (exact) mass is 250 g/mol. The summed E-state index contributed by atoms with van der Waals surface area (Å²) in [6.07, 6.45) is 0. The van der Waals surface area contributed by atoms with E-state index >= 15 is 0 Å². The van der Waals surface area contributed by atoms with Gasteiger partial charge in [-0.1, -0.05) is 12.1 Å². The highest BCUT2D eigenvalue weighted by atomic mass is 16.5. The van der Waals surface area contributed by atoms with Crippen molar-refractivity contribution in [3.8, 4) is 5.75 Å². The van der Waals surface area contributed by atoms with Gasteiger partial charge in [0.1, 0.15) is 5.75 Å². The minimum atomic E-state index is -0.267. The Morgan fingerprint density at radius 1 is 1.33 bits per heavy atom. The van der Waals surface area contributed by atoms with Crippen LogP contribution in [0.2, 0.25) is 0 Å². The second kappa shape index (κ2) is 5.87. The molecule has 4 nitrogen and oxygen atoms in total. The fourth-order valence-electron chi connectivity index (χ4n) is 1.84. The molecule has 0 aliphatic rings. The fourth-order valence-corrected chi connectivity index (χ4v) is 1.84. The van der Waals surface area contributed by atoms with Gasteiger partial charge in [-0.15, -0.1) is 0 Å². The van der Waals surface area contributed by atoms with Crippen LogP contribution in [0.3, 0.4) is 0 Å². The number of para-hydroxylation sites is 1. The molecule has 0 radical (unpaired) electrons. The van der Waals surface area contributed by atoms with Crippen LogP contribution in [-0.4, -0.2) is 36.5 Å². The lowest BCUT2D eigenvalue weighted by Crippen LogP contribution is -2.48. The van der Waals surface area contributed by atoms with Gasteiger partial charge in [-0.3, -0.25) is 4.79 Å². The smallest absolute Gasteiger partial charge is 0.258 e. The van der Waals surface area contributed by atoms with Gasteiger partial charge in [-0.25, -0.2) is 0 Å². The number of hydrogen-bond acceptors (Lipinski definition) is 3. The van der Waals surface area contributed by atoms with Crippen LogP contribution >= 0.6 is 0 Å². The van der Waals surface area contributed by atoms with Gasteiger partial charge < -0.3 is 15.4 Å². The van der Waals surface area contributed by atoms with Gasteiger partial charge in [-0.05, 0) is 32.9 Å². The molecule has 4 heteroatoms. The van der Waals surface area contributed by atoms with Gasteiger partial charge in [0.25, 0.3) is 5.91 Å².